The number of aromatic nitrogens is 3. The number of carbonyl (C=O) groups is 1. The molecule has 41 heavy (non-hydrogen) atoms. The molecule has 13 heteroatoms. The zero-order chi connectivity index (χ0) is 29.2. The lowest BCUT2D eigenvalue weighted by atomic mass is 9.74. The molecule has 0 aromatic carbocycles. The van der Waals surface area contributed by atoms with Crippen LogP contribution in [0.25, 0.3) is 0 Å². The maximum absolute atomic E-state index is 12.4. The number of aliphatic hydroxyl groups is 2. The third-order valence-corrected chi connectivity index (χ3v) is 9.47. The van der Waals surface area contributed by atoms with Crippen LogP contribution in [0.1, 0.15) is 52.1 Å². The molecule has 0 radical (unpaired) electrons. The molecule has 1 amide bonds. The lowest BCUT2D eigenvalue weighted by Gasteiger charge is -2.42. The number of piperidine rings is 1. The lowest BCUT2D eigenvalue weighted by Crippen LogP contribution is -2.53. The first kappa shape index (κ1) is 30.1. The first-order valence-corrected chi connectivity index (χ1v) is 15.3. The molecule has 2 aromatic heterocycles. The van der Waals surface area contributed by atoms with Gasteiger partial charge in [0.15, 0.2) is 5.82 Å². The second-order valence-electron chi connectivity index (χ2n) is 11.9. The van der Waals surface area contributed by atoms with E-state index in [0.29, 0.717) is 53.7 Å². The van der Waals surface area contributed by atoms with Crippen molar-refractivity contribution < 1.29 is 24.5 Å². The summed E-state index contributed by atoms with van der Waals surface area (Å²) in [5.74, 6) is 1.32. The minimum absolute atomic E-state index is 0.0168. The summed E-state index contributed by atoms with van der Waals surface area (Å²) in [6, 6.07) is 1.73. The van der Waals surface area contributed by atoms with Crippen molar-refractivity contribution in [3.05, 3.63) is 29.2 Å². The highest BCUT2D eigenvalue weighted by Gasteiger charge is 2.47. The van der Waals surface area contributed by atoms with Gasteiger partial charge in [-0.2, -0.15) is 0 Å². The number of aliphatic hydroxyl groups excluding tert-OH is 2. The van der Waals surface area contributed by atoms with E-state index in [1.54, 1.807) is 12.4 Å². The highest BCUT2D eigenvalue weighted by Crippen LogP contribution is 2.42. The molecular formula is C28H39ClN6O5S. The average Bonchev–Trinajstić information content (AvgIpc) is 3.56. The predicted molar refractivity (Wildman–Crippen MR) is 157 cm³/mol. The number of nitrogens with zero attached hydrogens (tertiary/aromatic N) is 5. The zero-order valence-electron chi connectivity index (χ0n) is 23.8. The summed E-state index contributed by atoms with van der Waals surface area (Å²) in [5.41, 5.74) is -0.232. The first-order chi connectivity index (χ1) is 19.6. The largest absolute Gasteiger partial charge is 0.444 e. The van der Waals surface area contributed by atoms with Gasteiger partial charge in [0.05, 0.1) is 49.7 Å². The average molecular weight is 607 g/mol. The van der Waals surface area contributed by atoms with Gasteiger partial charge in [-0.1, -0.05) is 23.4 Å². The number of carbonyl (C=O) groups excluding carboxylic acids is 1. The smallest absolute Gasteiger partial charge is 0.407 e. The molecule has 2 atom stereocenters. The van der Waals surface area contributed by atoms with E-state index in [9.17, 15) is 15.0 Å². The first-order valence-electron chi connectivity index (χ1n) is 14.1. The molecule has 3 fully saturated rings. The molecule has 5 heterocycles. The van der Waals surface area contributed by atoms with Crippen LogP contribution >= 0.6 is 23.4 Å². The van der Waals surface area contributed by atoms with Crippen molar-refractivity contribution in [3.8, 4) is 0 Å². The van der Waals surface area contributed by atoms with Crippen molar-refractivity contribution in [1.82, 2.24) is 20.3 Å². The number of ether oxygens (including phenoxy) is 2. The van der Waals surface area contributed by atoms with E-state index < -0.39 is 11.7 Å². The van der Waals surface area contributed by atoms with Gasteiger partial charge in [0.1, 0.15) is 22.1 Å². The van der Waals surface area contributed by atoms with Crippen LogP contribution in [0.4, 0.5) is 16.4 Å². The quantitative estimate of drug-likeness (QED) is 0.426. The number of halogens is 1. The van der Waals surface area contributed by atoms with Crippen LogP contribution in [0.5, 0.6) is 0 Å². The van der Waals surface area contributed by atoms with Gasteiger partial charge in [-0.3, -0.25) is 0 Å². The summed E-state index contributed by atoms with van der Waals surface area (Å²) in [7, 11) is 0. The summed E-state index contributed by atoms with van der Waals surface area (Å²) < 4.78 is 11.3. The molecule has 0 saturated carbocycles. The predicted octanol–water partition coefficient (Wildman–Crippen LogP) is 3.64. The molecule has 3 aliphatic rings. The topological polar surface area (TPSA) is 133 Å². The summed E-state index contributed by atoms with van der Waals surface area (Å²) in [4.78, 5) is 31.3. The van der Waals surface area contributed by atoms with Gasteiger partial charge in [-0.15, -0.1) is 0 Å². The minimum atomic E-state index is -0.564. The molecule has 11 nitrogen and oxygen atoms in total. The molecule has 5 rings (SSSR count). The van der Waals surface area contributed by atoms with Gasteiger partial charge in [0.2, 0.25) is 0 Å². The highest BCUT2D eigenvalue weighted by atomic mass is 35.5. The molecular weight excluding hydrogens is 568 g/mol. The summed E-state index contributed by atoms with van der Waals surface area (Å²) in [6.07, 6.45) is 6.49. The Balaban J connectivity index is 1.26. The van der Waals surface area contributed by atoms with Crippen molar-refractivity contribution in [2.45, 2.75) is 80.7 Å². The van der Waals surface area contributed by atoms with Gasteiger partial charge < -0.3 is 34.8 Å². The van der Waals surface area contributed by atoms with E-state index in [4.69, 9.17) is 31.0 Å². The van der Waals surface area contributed by atoms with Crippen molar-refractivity contribution in [2.75, 3.05) is 49.3 Å². The minimum Gasteiger partial charge on any atom is -0.444 e. The van der Waals surface area contributed by atoms with Crippen LogP contribution in [-0.4, -0.2) is 88.4 Å². The van der Waals surface area contributed by atoms with Gasteiger partial charge in [0.25, 0.3) is 0 Å². The standard InChI is InChI=1S/C28H39ClN6O5S/c1-27(2,3)40-26(38)33-21-16-39-17-28(21)7-11-34(12-8-28)24-19(15-37)32-22(13-31-24)41-20-6-9-30-25(23(20)29)35-10-4-5-18(35)14-36/h6,9,13,18,21,36-37H,4-5,7-8,10-12,14-17H2,1-3H3,(H,33,38)/t18?,21-/m1/s1. The van der Waals surface area contributed by atoms with Gasteiger partial charge in [-0.25, -0.2) is 19.7 Å². The van der Waals surface area contributed by atoms with E-state index in [1.807, 2.05) is 26.8 Å². The van der Waals surface area contributed by atoms with Crippen LogP contribution in [0.2, 0.25) is 5.02 Å². The van der Waals surface area contributed by atoms with Crippen molar-refractivity contribution in [1.29, 1.82) is 0 Å². The number of alkyl carbamates (subject to hydrolysis) is 1. The molecule has 2 aromatic rings. The van der Waals surface area contributed by atoms with E-state index in [-0.39, 0.29) is 30.7 Å². The van der Waals surface area contributed by atoms with Crippen molar-refractivity contribution in [3.63, 3.8) is 0 Å². The normalized spacial score (nSPS) is 22.4. The van der Waals surface area contributed by atoms with Crippen LogP contribution in [0.15, 0.2) is 28.4 Å². The Morgan fingerprint density at radius 3 is 2.73 bits per heavy atom. The molecule has 1 unspecified atom stereocenters. The lowest BCUT2D eigenvalue weighted by molar-refractivity contribution is 0.0455. The van der Waals surface area contributed by atoms with Crippen molar-refractivity contribution >= 4 is 41.1 Å². The fourth-order valence-corrected chi connectivity index (χ4v) is 7.02. The van der Waals surface area contributed by atoms with Gasteiger partial charge in [-0.05, 0) is 52.5 Å². The number of anilines is 2. The zero-order valence-corrected chi connectivity index (χ0v) is 25.4. The second kappa shape index (κ2) is 12.5. The summed E-state index contributed by atoms with van der Waals surface area (Å²) in [5, 5.41) is 24.1. The maximum atomic E-state index is 12.4. The molecule has 3 saturated heterocycles. The number of hydrogen-bond donors (Lipinski definition) is 3. The van der Waals surface area contributed by atoms with E-state index in [1.165, 1.54) is 11.8 Å². The molecule has 1 spiro atoms. The van der Waals surface area contributed by atoms with Crippen LogP contribution in [0, 0.1) is 5.41 Å². The van der Waals surface area contributed by atoms with Gasteiger partial charge in [0, 0.05) is 36.1 Å². The fraction of sp³-hybridized carbons (Fsp3) is 0.643. The second-order valence-corrected chi connectivity index (χ2v) is 13.4. The fourth-order valence-electron chi connectivity index (χ4n) is 5.89. The highest BCUT2D eigenvalue weighted by molar-refractivity contribution is 7.99. The molecule has 0 bridgehead atoms. The molecule has 3 N–H and O–H groups in total. The molecule has 3 aliphatic heterocycles. The number of pyridine rings is 1. The number of hydrogen-bond acceptors (Lipinski definition) is 11. The monoisotopic (exact) mass is 606 g/mol. The molecule has 0 aliphatic carbocycles. The third-order valence-electron chi connectivity index (χ3n) is 8.02. The number of amides is 1. The van der Waals surface area contributed by atoms with Crippen molar-refractivity contribution in [2.24, 2.45) is 5.41 Å². The van der Waals surface area contributed by atoms with E-state index >= 15 is 0 Å². The Labute approximate surface area is 250 Å². The maximum Gasteiger partial charge on any atom is 0.407 e. The third kappa shape index (κ3) is 6.67. The SMILES string of the molecule is CC(C)(C)OC(=O)N[C@@H]1COCC12CCN(c1ncc(Sc3ccnc(N4CCCC4CO)c3Cl)nc1CO)CC2. The number of rotatable bonds is 7. The van der Waals surface area contributed by atoms with Crippen LogP contribution in [-0.2, 0) is 16.1 Å². The van der Waals surface area contributed by atoms with E-state index in [2.05, 4.69) is 20.1 Å². The number of nitrogens with one attached hydrogen (secondary N) is 1. The Kier molecular flexibility index (Phi) is 9.15. The Morgan fingerprint density at radius 1 is 1.24 bits per heavy atom. The Bertz CT molecular complexity index is 1240. The van der Waals surface area contributed by atoms with Crippen LogP contribution < -0.4 is 15.1 Å². The Morgan fingerprint density at radius 2 is 2.02 bits per heavy atom. The van der Waals surface area contributed by atoms with Gasteiger partial charge >= 0.3 is 6.09 Å². The Hall–Kier alpha value is -2.38. The van der Waals surface area contributed by atoms with Crippen LogP contribution in [0.3, 0.4) is 0 Å². The summed E-state index contributed by atoms with van der Waals surface area (Å²) in [6.45, 7) is 8.61. The van der Waals surface area contributed by atoms with E-state index in [0.717, 1.165) is 37.1 Å². The molecule has 224 valence electrons. The summed E-state index contributed by atoms with van der Waals surface area (Å²) >= 11 is 8.14.